The maximum absolute atomic E-state index is 14.5. The number of nitrogens with one attached hydrogen (secondary N) is 1. The summed E-state index contributed by atoms with van der Waals surface area (Å²) in [7, 11) is -4.15. The summed E-state index contributed by atoms with van der Waals surface area (Å²) in [5, 5.41) is 2.97. The predicted octanol–water partition coefficient (Wildman–Crippen LogP) is 6.43. The van der Waals surface area contributed by atoms with Crippen LogP contribution in [0, 0.1) is 13.8 Å². The molecule has 0 spiro atoms. The molecule has 4 aromatic rings. The van der Waals surface area contributed by atoms with E-state index in [1.165, 1.54) is 4.90 Å². The third-order valence-electron chi connectivity index (χ3n) is 7.41. The fourth-order valence-electron chi connectivity index (χ4n) is 4.89. The van der Waals surface area contributed by atoms with E-state index in [9.17, 15) is 18.0 Å². The van der Waals surface area contributed by atoms with Gasteiger partial charge >= 0.3 is 0 Å². The molecule has 1 N–H and O–H groups in total. The molecule has 0 fully saturated rings. The summed E-state index contributed by atoms with van der Waals surface area (Å²) >= 11 is 3.44. The lowest BCUT2D eigenvalue weighted by atomic mass is 10.0. The Morgan fingerprint density at radius 3 is 2.20 bits per heavy atom. The average Bonchev–Trinajstić information content (AvgIpc) is 3.01. The first-order valence-electron chi connectivity index (χ1n) is 14.6. The zero-order valence-electron chi connectivity index (χ0n) is 25.2. The Morgan fingerprint density at radius 1 is 0.864 bits per heavy atom. The van der Waals surface area contributed by atoms with Crippen molar-refractivity contribution in [1.29, 1.82) is 0 Å². The highest BCUT2D eigenvalue weighted by molar-refractivity contribution is 9.10. The van der Waals surface area contributed by atoms with Crippen LogP contribution in [0.1, 0.15) is 35.6 Å². The highest BCUT2D eigenvalue weighted by Crippen LogP contribution is 2.27. The van der Waals surface area contributed by atoms with Crippen LogP contribution in [-0.2, 0) is 32.6 Å². The number of halogens is 1. The molecule has 0 heterocycles. The minimum absolute atomic E-state index is 0.0721. The Labute approximate surface area is 269 Å². The Balaban J connectivity index is 1.80. The van der Waals surface area contributed by atoms with Crippen molar-refractivity contribution in [2.75, 3.05) is 17.4 Å². The van der Waals surface area contributed by atoms with Crippen molar-refractivity contribution in [2.24, 2.45) is 0 Å². The van der Waals surface area contributed by atoms with Crippen molar-refractivity contribution in [1.82, 2.24) is 10.2 Å². The van der Waals surface area contributed by atoms with Crippen LogP contribution in [0.4, 0.5) is 5.69 Å². The first-order chi connectivity index (χ1) is 21.1. The maximum Gasteiger partial charge on any atom is 0.264 e. The minimum Gasteiger partial charge on any atom is -0.354 e. The summed E-state index contributed by atoms with van der Waals surface area (Å²) in [5.41, 5.74) is 3.98. The number of sulfonamides is 1. The molecule has 0 saturated heterocycles. The molecule has 0 saturated carbocycles. The molecular formula is C35H38BrN3O4S. The van der Waals surface area contributed by atoms with Gasteiger partial charge < -0.3 is 10.2 Å². The number of anilines is 1. The van der Waals surface area contributed by atoms with Gasteiger partial charge in [-0.25, -0.2) is 8.42 Å². The smallest absolute Gasteiger partial charge is 0.264 e. The number of benzene rings is 4. The topological polar surface area (TPSA) is 86.8 Å². The molecule has 4 rings (SSSR count). The van der Waals surface area contributed by atoms with Crippen LogP contribution in [0.25, 0.3) is 0 Å². The van der Waals surface area contributed by atoms with E-state index in [2.05, 4.69) is 21.2 Å². The summed E-state index contributed by atoms with van der Waals surface area (Å²) in [6.07, 6.45) is 1.01. The number of amides is 2. The molecule has 0 radical (unpaired) electrons. The summed E-state index contributed by atoms with van der Waals surface area (Å²) in [6, 6.07) is 29.7. The van der Waals surface area contributed by atoms with Crippen molar-refractivity contribution < 1.29 is 18.0 Å². The number of carbonyl (C=O) groups is 2. The van der Waals surface area contributed by atoms with E-state index < -0.39 is 28.5 Å². The predicted molar refractivity (Wildman–Crippen MR) is 179 cm³/mol. The molecule has 0 aliphatic heterocycles. The Hall–Kier alpha value is -3.95. The van der Waals surface area contributed by atoms with E-state index in [-0.39, 0.29) is 23.8 Å². The first kappa shape index (κ1) is 33.0. The van der Waals surface area contributed by atoms with Gasteiger partial charge in [0, 0.05) is 24.0 Å². The molecule has 4 aromatic carbocycles. The molecule has 2 amide bonds. The SMILES string of the molecule is CCCNC(=O)C(Cc1ccccc1)N(Cc1ccccc1C)C(=O)CN(c1cccc(Br)c1)S(=O)(=O)c1ccc(C)cc1. The van der Waals surface area contributed by atoms with E-state index in [1.807, 2.05) is 75.4 Å². The Morgan fingerprint density at radius 2 is 1.55 bits per heavy atom. The number of rotatable bonds is 13. The number of aryl methyl sites for hydroxylation is 2. The van der Waals surface area contributed by atoms with Gasteiger partial charge in [0.05, 0.1) is 10.6 Å². The van der Waals surface area contributed by atoms with Gasteiger partial charge in [0.25, 0.3) is 10.0 Å². The second-order valence-electron chi connectivity index (χ2n) is 10.7. The van der Waals surface area contributed by atoms with Gasteiger partial charge in [-0.3, -0.25) is 13.9 Å². The van der Waals surface area contributed by atoms with Crippen molar-refractivity contribution in [3.05, 3.63) is 130 Å². The lowest BCUT2D eigenvalue weighted by Crippen LogP contribution is -2.53. The minimum atomic E-state index is -4.15. The van der Waals surface area contributed by atoms with Crippen LogP contribution in [0.3, 0.4) is 0 Å². The normalized spacial score (nSPS) is 11.9. The van der Waals surface area contributed by atoms with E-state index >= 15 is 0 Å². The molecule has 0 bridgehead atoms. The largest absolute Gasteiger partial charge is 0.354 e. The van der Waals surface area contributed by atoms with Gasteiger partial charge in [-0.2, -0.15) is 0 Å². The Bertz CT molecular complexity index is 1680. The lowest BCUT2D eigenvalue weighted by molar-refractivity contribution is -0.140. The van der Waals surface area contributed by atoms with Crippen molar-refractivity contribution in [2.45, 2.75) is 51.1 Å². The highest BCUT2D eigenvalue weighted by atomic mass is 79.9. The fraction of sp³-hybridized carbons (Fsp3) is 0.257. The van der Waals surface area contributed by atoms with Crippen LogP contribution < -0.4 is 9.62 Å². The third kappa shape index (κ3) is 8.36. The molecule has 9 heteroatoms. The van der Waals surface area contributed by atoms with Crippen LogP contribution in [0.5, 0.6) is 0 Å². The first-order valence-corrected chi connectivity index (χ1v) is 16.8. The highest BCUT2D eigenvalue weighted by Gasteiger charge is 2.34. The summed E-state index contributed by atoms with van der Waals surface area (Å²) in [6.45, 7) is 5.91. The van der Waals surface area contributed by atoms with Gasteiger partial charge in [-0.1, -0.05) is 101 Å². The second kappa shape index (κ2) is 15.2. The van der Waals surface area contributed by atoms with Gasteiger partial charge in [-0.05, 0) is 67.3 Å². The molecule has 0 aromatic heterocycles. The number of carbonyl (C=O) groups excluding carboxylic acids is 2. The van der Waals surface area contributed by atoms with E-state index in [4.69, 9.17) is 0 Å². The average molecular weight is 677 g/mol. The van der Waals surface area contributed by atoms with E-state index in [0.717, 1.165) is 33.0 Å². The molecule has 1 atom stereocenters. The monoisotopic (exact) mass is 675 g/mol. The number of nitrogens with zero attached hydrogens (tertiary/aromatic N) is 2. The van der Waals surface area contributed by atoms with Crippen molar-refractivity contribution >= 4 is 43.5 Å². The third-order valence-corrected chi connectivity index (χ3v) is 9.69. The molecular weight excluding hydrogens is 638 g/mol. The van der Waals surface area contributed by atoms with Crippen LogP contribution in [0.15, 0.2) is 112 Å². The number of hydrogen-bond acceptors (Lipinski definition) is 4. The van der Waals surface area contributed by atoms with E-state index in [0.29, 0.717) is 16.7 Å². The summed E-state index contributed by atoms with van der Waals surface area (Å²) < 4.78 is 30.0. The Kier molecular flexibility index (Phi) is 11.4. The summed E-state index contributed by atoms with van der Waals surface area (Å²) in [5.74, 6) is -0.774. The molecule has 0 aliphatic carbocycles. The molecule has 1 unspecified atom stereocenters. The van der Waals surface area contributed by atoms with Crippen LogP contribution >= 0.6 is 15.9 Å². The van der Waals surface area contributed by atoms with Gasteiger partial charge in [0.1, 0.15) is 12.6 Å². The molecule has 230 valence electrons. The fourth-order valence-corrected chi connectivity index (χ4v) is 6.68. The van der Waals surface area contributed by atoms with Gasteiger partial charge in [0.15, 0.2) is 0 Å². The molecule has 44 heavy (non-hydrogen) atoms. The zero-order valence-corrected chi connectivity index (χ0v) is 27.6. The van der Waals surface area contributed by atoms with Crippen LogP contribution in [0.2, 0.25) is 0 Å². The van der Waals surface area contributed by atoms with Crippen molar-refractivity contribution in [3.63, 3.8) is 0 Å². The van der Waals surface area contributed by atoms with Crippen LogP contribution in [-0.4, -0.2) is 44.3 Å². The quantitative estimate of drug-likeness (QED) is 0.177. The number of hydrogen-bond donors (Lipinski definition) is 1. The molecule has 0 aliphatic rings. The van der Waals surface area contributed by atoms with Crippen molar-refractivity contribution in [3.8, 4) is 0 Å². The lowest BCUT2D eigenvalue weighted by Gasteiger charge is -2.34. The zero-order chi connectivity index (χ0) is 31.7. The van der Waals surface area contributed by atoms with Gasteiger partial charge in [-0.15, -0.1) is 0 Å². The summed E-state index contributed by atoms with van der Waals surface area (Å²) in [4.78, 5) is 29.8. The second-order valence-corrected chi connectivity index (χ2v) is 13.5. The maximum atomic E-state index is 14.5. The van der Waals surface area contributed by atoms with Gasteiger partial charge in [0.2, 0.25) is 11.8 Å². The standard InChI is InChI=1S/C35H38BrN3O4S/c1-4-21-37-35(41)33(22-28-12-6-5-7-13-28)38(24-29-14-9-8-11-27(29)3)34(40)25-39(31-16-10-15-30(36)23-31)44(42,43)32-19-17-26(2)18-20-32/h5-20,23,33H,4,21-22,24-25H2,1-3H3,(H,37,41). The van der Waals surface area contributed by atoms with E-state index in [1.54, 1.807) is 48.5 Å². The molecule has 7 nitrogen and oxygen atoms in total.